The van der Waals surface area contributed by atoms with E-state index in [2.05, 4.69) is 22.4 Å². The number of likely N-dealkylation sites (tertiary alicyclic amines) is 1. The summed E-state index contributed by atoms with van der Waals surface area (Å²) < 4.78 is 1.63. The number of carboxylic acid groups (broad SMARTS) is 1. The van der Waals surface area contributed by atoms with Crippen LogP contribution in [0, 0.1) is 0 Å². The molecule has 0 atom stereocenters. The van der Waals surface area contributed by atoms with Crippen molar-refractivity contribution in [2.24, 2.45) is 7.05 Å². The molecule has 2 N–H and O–H groups in total. The monoisotopic (exact) mass is 252 g/mol. The van der Waals surface area contributed by atoms with Crippen molar-refractivity contribution in [3.05, 3.63) is 17.5 Å². The molecule has 0 aliphatic carbocycles. The molecule has 1 aliphatic heterocycles. The lowest BCUT2D eigenvalue weighted by Gasteiger charge is -2.29. The third kappa shape index (κ3) is 2.88. The van der Waals surface area contributed by atoms with Crippen LogP contribution in [-0.4, -0.2) is 51.9 Å². The zero-order valence-electron chi connectivity index (χ0n) is 10.9. The van der Waals surface area contributed by atoms with E-state index in [4.69, 9.17) is 5.11 Å². The Bertz CT molecular complexity index is 422. The third-order valence-corrected chi connectivity index (χ3v) is 3.57. The highest BCUT2D eigenvalue weighted by Gasteiger charge is 2.19. The second-order valence-corrected chi connectivity index (χ2v) is 4.89. The largest absolute Gasteiger partial charge is 0.478 e. The molecular formula is C12H20N4O2. The Kier molecular flexibility index (Phi) is 3.98. The van der Waals surface area contributed by atoms with Gasteiger partial charge in [-0.3, -0.25) is 4.68 Å². The van der Waals surface area contributed by atoms with Crippen LogP contribution in [0.3, 0.4) is 0 Å². The zero-order chi connectivity index (χ0) is 13.1. The summed E-state index contributed by atoms with van der Waals surface area (Å²) in [4.78, 5) is 13.4. The van der Waals surface area contributed by atoms with Crippen molar-refractivity contribution in [3.8, 4) is 0 Å². The Morgan fingerprint density at radius 1 is 1.50 bits per heavy atom. The van der Waals surface area contributed by atoms with Gasteiger partial charge in [-0.25, -0.2) is 4.79 Å². The number of carboxylic acids is 1. The van der Waals surface area contributed by atoms with Crippen LogP contribution in [0.25, 0.3) is 0 Å². The summed E-state index contributed by atoms with van der Waals surface area (Å²) in [5, 5.41) is 16.5. The van der Waals surface area contributed by atoms with Crippen molar-refractivity contribution in [1.29, 1.82) is 0 Å². The first-order valence-electron chi connectivity index (χ1n) is 6.24. The normalized spacial score (nSPS) is 18.1. The van der Waals surface area contributed by atoms with Gasteiger partial charge < -0.3 is 15.3 Å². The predicted molar refractivity (Wildman–Crippen MR) is 67.5 cm³/mol. The van der Waals surface area contributed by atoms with Crippen molar-refractivity contribution >= 4 is 5.97 Å². The first kappa shape index (κ1) is 13.0. The number of aromatic carboxylic acids is 1. The van der Waals surface area contributed by atoms with E-state index in [9.17, 15) is 4.79 Å². The third-order valence-electron chi connectivity index (χ3n) is 3.57. The van der Waals surface area contributed by atoms with Crippen molar-refractivity contribution in [2.75, 3.05) is 20.1 Å². The van der Waals surface area contributed by atoms with E-state index in [0.29, 0.717) is 12.6 Å². The van der Waals surface area contributed by atoms with Crippen LogP contribution >= 0.6 is 0 Å². The van der Waals surface area contributed by atoms with Crippen LogP contribution in [0.15, 0.2) is 6.20 Å². The molecule has 0 radical (unpaired) electrons. The fourth-order valence-electron chi connectivity index (χ4n) is 2.30. The average molecular weight is 252 g/mol. The number of aromatic nitrogens is 2. The van der Waals surface area contributed by atoms with Crippen LogP contribution in [0.4, 0.5) is 0 Å². The van der Waals surface area contributed by atoms with Crippen molar-refractivity contribution in [1.82, 2.24) is 20.0 Å². The highest BCUT2D eigenvalue weighted by atomic mass is 16.4. The Morgan fingerprint density at radius 2 is 2.17 bits per heavy atom. The highest BCUT2D eigenvalue weighted by molar-refractivity contribution is 5.88. The van der Waals surface area contributed by atoms with Gasteiger partial charge in [-0.2, -0.15) is 5.10 Å². The SMILES string of the molecule is CN1CCC(NCc2c(C(=O)O)cnn2C)CC1. The van der Waals surface area contributed by atoms with Gasteiger partial charge >= 0.3 is 5.97 Å². The molecule has 1 fully saturated rings. The minimum absolute atomic E-state index is 0.290. The van der Waals surface area contributed by atoms with Crippen LogP contribution in [0.2, 0.25) is 0 Å². The number of nitrogens with one attached hydrogen (secondary N) is 1. The highest BCUT2D eigenvalue weighted by Crippen LogP contribution is 2.11. The first-order chi connectivity index (χ1) is 8.58. The molecule has 1 aliphatic rings. The molecule has 0 amide bonds. The fraction of sp³-hybridized carbons (Fsp3) is 0.667. The van der Waals surface area contributed by atoms with Crippen LogP contribution in [0.5, 0.6) is 0 Å². The molecule has 2 rings (SSSR count). The maximum atomic E-state index is 11.0. The van der Waals surface area contributed by atoms with E-state index in [0.717, 1.165) is 31.6 Å². The van der Waals surface area contributed by atoms with Gasteiger partial charge in [0.2, 0.25) is 0 Å². The predicted octanol–water partition coefficient (Wildman–Crippen LogP) is 0.302. The molecule has 18 heavy (non-hydrogen) atoms. The molecule has 6 nitrogen and oxygen atoms in total. The quantitative estimate of drug-likeness (QED) is 0.806. The molecule has 1 saturated heterocycles. The van der Waals surface area contributed by atoms with E-state index in [1.165, 1.54) is 6.20 Å². The first-order valence-corrected chi connectivity index (χ1v) is 6.24. The molecule has 100 valence electrons. The molecule has 2 heterocycles. The number of carbonyl (C=O) groups is 1. The molecule has 0 unspecified atom stereocenters. The average Bonchev–Trinajstić information content (AvgIpc) is 2.70. The summed E-state index contributed by atoms with van der Waals surface area (Å²) in [5.74, 6) is -0.914. The number of hydrogen-bond donors (Lipinski definition) is 2. The van der Waals surface area contributed by atoms with Gasteiger partial charge in [-0.05, 0) is 33.0 Å². The number of nitrogens with zero attached hydrogens (tertiary/aromatic N) is 3. The Balaban J connectivity index is 1.94. The Labute approximate surface area is 107 Å². The van der Waals surface area contributed by atoms with Gasteiger partial charge in [-0.15, -0.1) is 0 Å². The molecule has 0 saturated carbocycles. The van der Waals surface area contributed by atoms with Gasteiger partial charge in [0.15, 0.2) is 0 Å². The van der Waals surface area contributed by atoms with E-state index in [1.54, 1.807) is 11.7 Å². The van der Waals surface area contributed by atoms with Gasteiger partial charge in [0.25, 0.3) is 0 Å². The van der Waals surface area contributed by atoms with Crippen molar-refractivity contribution in [2.45, 2.75) is 25.4 Å². The number of hydrogen-bond acceptors (Lipinski definition) is 4. The van der Waals surface area contributed by atoms with Crippen molar-refractivity contribution in [3.63, 3.8) is 0 Å². The molecule has 1 aromatic rings. The zero-order valence-corrected chi connectivity index (χ0v) is 10.9. The number of aryl methyl sites for hydroxylation is 1. The van der Waals surface area contributed by atoms with Gasteiger partial charge in [0.05, 0.1) is 11.9 Å². The summed E-state index contributed by atoms with van der Waals surface area (Å²) >= 11 is 0. The summed E-state index contributed by atoms with van der Waals surface area (Å²) in [6.07, 6.45) is 3.63. The van der Waals surface area contributed by atoms with Crippen LogP contribution in [-0.2, 0) is 13.6 Å². The summed E-state index contributed by atoms with van der Waals surface area (Å²) in [5.41, 5.74) is 1.03. The van der Waals surface area contributed by atoms with E-state index in [-0.39, 0.29) is 5.56 Å². The lowest BCUT2D eigenvalue weighted by atomic mass is 10.1. The number of piperidine rings is 1. The molecule has 0 bridgehead atoms. The standard InChI is InChI=1S/C12H20N4O2/c1-15-5-3-9(4-6-15)13-8-11-10(12(17)18)7-14-16(11)2/h7,9,13H,3-6,8H2,1-2H3,(H,17,18). The minimum atomic E-state index is -0.914. The Morgan fingerprint density at radius 3 is 2.78 bits per heavy atom. The van der Waals surface area contributed by atoms with Gasteiger partial charge in [0.1, 0.15) is 5.56 Å². The van der Waals surface area contributed by atoms with Gasteiger partial charge in [0, 0.05) is 19.6 Å². The molecule has 6 heteroatoms. The summed E-state index contributed by atoms with van der Waals surface area (Å²) in [6, 6.07) is 0.470. The smallest absolute Gasteiger partial charge is 0.339 e. The second-order valence-electron chi connectivity index (χ2n) is 4.89. The topological polar surface area (TPSA) is 70.4 Å². The second kappa shape index (κ2) is 5.49. The summed E-state index contributed by atoms with van der Waals surface area (Å²) in [7, 11) is 3.90. The van der Waals surface area contributed by atoms with E-state index in [1.807, 2.05) is 0 Å². The summed E-state index contributed by atoms with van der Waals surface area (Å²) in [6.45, 7) is 2.75. The van der Waals surface area contributed by atoms with E-state index >= 15 is 0 Å². The maximum Gasteiger partial charge on any atom is 0.339 e. The van der Waals surface area contributed by atoms with Crippen LogP contribution in [0.1, 0.15) is 28.9 Å². The molecular weight excluding hydrogens is 232 g/mol. The van der Waals surface area contributed by atoms with Gasteiger partial charge in [-0.1, -0.05) is 0 Å². The van der Waals surface area contributed by atoms with Crippen LogP contribution < -0.4 is 5.32 Å². The van der Waals surface area contributed by atoms with Crippen molar-refractivity contribution < 1.29 is 9.90 Å². The fourth-order valence-corrected chi connectivity index (χ4v) is 2.30. The van der Waals surface area contributed by atoms with E-state index < -0.39 is 5.97 Å². The molecule has 0 spiro atoms. The Hall–Kier alpha value is -1.40. The molecule has 0 aromatic carbocycles. The molecule has 1 aromatic heterocycles. The lowest BCUT2D eigenvalue weighted by molar-refractivity contribution is 0.0695. The lowest BCUT2D eigenvalue weighted by Crippen LogP contribution is -2.40. The number of rotatable bonds is 4. The minimum Gasteiger partial charge on any atom is -0.478 e. The maximum absolute atomic E-state index is 11.0.